The van der Waals surface area contributed by atoms with Gasteiger partial charge in [-0.2, -0.15) is 0 Å². The predicted molar refractivity (Wildman–Crippen MR) is 92.6 cm³/mol. The Balaban J connectivity index is 1.61. The summed E-state index contributed by atoms with van der Waals surface area (Å²) in [6, 6.07) is 21.0. The summed E-state index contributed by atoms with van der Waals surface area (Å²) < 4.78 is 5.34. The SMILES string of the molecule is O=C(NCC(O)Cc1ccccc1)c1occc1-c1ccccc1. The van der Waals surface area contributed by atoms with Crippen LogP contribution in [-0.4, -0.2) is 23.7 Å². The van der Waals surface area contributed by atoms with Crippen molar-refractivity contribution in [1.29, 1.82) is 0 Å². The van der Waals surface area contributed by atoms with Gasteiger partial charge in [-0.05, 0) is 17.2 Å². The van der Waals surface area contributed by atoms with Gasteiger partial charge in [0.15, 0.2) is 5.76 Å². The first-order valence-electron chi connectivity index (χ1n) is 7.87. The van der Waals surface area contributed by atoms with Gasteiger partial charge in [0.25, 0.3) is 5.91 Å². The predicted octanol–water partition coefficient (Wildman–Crippen LogP) is 3.28. The quantitative estimate of drug-likeness (QED) is 0.732. The zero-order valence-corrected chi connectivity index (χ0v) is 13.2. The molecule has 0 saturated heterocycles. The maximum absolute atomic E-state index is 12.3. The molecule has 4 nitrogen and oxygen atoms in total. The van der Waals surface area contributed by atoms with Crippen LogP contribution in [0.15, 0.2) is 77.4 Å². The molecule has 1 atom stereocenters. The molecular formula is C20H19NO3. The maximum Gasteiger partial charge on any atom is 0.287 e. The van der Waals surface area contributed by atoms with Crippen LogP contribution in [0.25, 0.3) is 11.1 Å². The summed E-state index contributed by atoms with van der Waals surface area (Å²) in [5.74, 6) is -0.0703. The van der Waals surface area contributed by atoms with E-state index in [-0.39, 0.29) is 18.2 Å². The third kappa shape index (κ3) is 3.91. The zero-order chi connectivity index (χ0) is 16.8. The average molecular weight is 321 g/mol. The van der Waals surface area contributed by atoms with E-state index in [4.69, 9.17) is 4.42 Å². The lowest BCUT2D eigenvalue weighted by Crippen LogP contribution is -2.33. The molecule has 0 aliphatic carbocycles. The lowest BCUT2D eigenvalue weighted by molar-refractivity contribution is 0.0889. The fourth-order valence-electron chi connectivity index (χ4n) is 2.58. The van der Waals surface area contributed by atoms with E-state index in [1.807, 2.05) is 60.7 Å². The Bertz CT molecular complexity index is 781. The molecule has 2 N–H and O–H groups in total. The number of benzene rings is 2. The molecule has 1 amide bonds. The first-order chi connectivity index (χ1) is 11.7. The number of amides is 1. The Hall–Kier alpha value is -2.85. The average Bonchev–Trinajstić information content (AvgIpc) is 3.11. The summed E-state index contributed by atoms with van der Waals surface area (Å²) in [6.07, 6.45) is 1.34. The zero-order valence-electron chi connectivity index (χ0n) is 13.2. The highest BCUT2D eigenvalue weighted by atomic mass is 16.3. The second-order valence-corrected chi connectivity index (χ2v) is 5.58. The molecule has 1 heterocycles. The Morgan fingerprint density at radius 2 is 1.67 bits per heavy atom. The summed E-state index contributed by atoms with van der Waals surface area (Å²) in [5.41, 5.74) is 2.69. The number of hydrogen-bond donors (Lipinski definition) is 2. The van der Waals surface area contributed by atoms with Crippen LogP contribution >= 0.6 is 0 Å². The minimum atomic E-state index is -0.647. The molecule has 0 spiro atoms. The van der Waals surface area contributed by atoms with Crippen LogP contribution < -0.4 is 5.32 Å². The molecule has 0 aliphatic heterocycles. The second kappa shape index (κ2) is 7.62. The molecule has 0 bridgehead atoms. The Morgan fingerprint density at radius 1 is 1.00 bits per heavy atom. The summed E-state index contributed by atoms with van der Waals surface area (Å²) in [5, 5.41) is 12.8. The van der Waals surface area contributed by atoms with Crippen molar-refractivity contribution in [1.82, 2.24) is 5.32 Å². The smallest absolute Gasteiger partial charge is 0.287 e. The molecule has 122 valence electrons. The van der Waals surface area contributed by atoms with Crippen molar-refractivity contribution in [2.45, 2.75) is 12.5 Å². The molecule has 0 saturated carbocycles. The highest BCUT2D eigenvalue weighted by Crippen LogP contribution is 2.24. The molecule has 4 heteroatoms. The van der Waals surface area contributed by atoms with Crippen molar-refractivity contribution >= 4 is 5.91 Å². The van der Waals surface area contributed by atoms with E-state index in [2.05, 4.69) is 5.32 Å². The molecular weight excluding hydrogens is 302 g/mol. The van der Waals surface area contributed by atoms with Gasteiger partial charge in [0, 0.05) is 18.5 Å². The van der Waals surface area contributed by atoms with Gasteiger partial charge in [-0.25, -0.2) is 0 Å². The van der Waals surface area contributed by atoms with Gasteiger partial charge in [0.2, 0.25) is 0 Å². The Labute approximate surface area is 140 Å². The molecule has 3 rings (SSSR count). The van der Waals surface area contributed by atoms with E-state index < -0.39 is 6.10 Å². The molecule has 0 radical (unpaired) electrons. The van der Waals surface area contributed by atoms with Crippen molar-refractivity contribution < 1.29 is 14.3 Å². The van der Waals surface area contributed by atoms with Gasteiger partial charge < -0.3 is 14.8 Å². The minimum absolute atomic E-state index is 0.169. The first-order valence-corrected chi connectivity index (χ1v) is 7.87. The number of carbonyl (C=O) groups excluding carboxylic acids is 1. The van der Waals surface area contributed by atoms with E-state index >= 15 is 0 Å². The van der Waals surface area contributed by atoms with Gasteiger partial charge in [0.05, 0.1) is 12.4 Å². The largest absolute Gasteiger partial charge is 0.459 e. The van der Waals surface area contributed by atoms with Crippen LogP contribution in [-0.2, 0) is 6.42 Å². The number of rotatable bonds is 6. The van der Waals surface area contributed by atoms with Crippen LogP contribution in [0.2, 0.25) is 0 Å². The number of hydrogen-bond acceptors (Lipinski definition) is 3. The van der Waals surface area contributed by atoms with E-state index in [1.165, 1.54) is 6.26 Å². The first kappa shape index (κ1) is 16.0. The van der Waals surface area contributed by atoms with Crippen molar-refractivity contribution in [3.8, 4) is 11.1 Å². The maximum atomic E-state index is 12.3. The van der Waals surface area contributed by atoms with Crippen LogP contribution in [0.5, 0.6) is 0 Å². The molecule has 3 aromatic rings. The molecule has 0 aliphatic rings. The Kier molecular flexibility index (Phi) is 5.08. The summed E-state index contributed by atoms with van der Waals surface area (Å²) in [4.78, 5) is 12.3. The van der Waals surface area contributed by atoms with Gasteiger partial charge >= 0.3 is 0 Å². The summed E-state index contributed by atoms with van der Waals surface area (Å²) in [7, 11) is 0. The number of aliphatic hydroxyl groups is 1. The molecule has 1 aromatic heterocycles. The number of aliphatic hydroxyl groups excluding tert-OH is 1. The van der Waals surface area contributed by atoms with Crippen molar-refractivity contribution in [3.63, 3.8) is 0 Å². The third-order valence-corrected chi connectivity index (χ3v) is 3.77. The fraction of sp³-hybridized carbons (Fsp3) is 0.150. The highest BCUT2D eigenvalue weighted by Gasteiger charge is 2.17. The third-order valence-electron chi connectivity index (χ3n) is 3.77. The lowest BCUT2D eigenvalue weighted by Gasteiger charge is -2.12. The minimum Gasteiger partial charge on any atom is -0.459 e. The lowest BCUT2D eigenvalue weighted by atomic mass is 10.1. The van der Waals surface area contributed by atoms with Gasteiger partial charge in [-0.15, -0.1) is 0 Å². The number of furan rings is 1. The van der Waals surface area contributed by atoms with E-state index in [9.17, 15) is 9.90 Å². The van der Waals surface area contributed by atoms with Gasteiger partial charge in [-0.1, -0.05) is 60.7 Å². The van der Waals surface area contributed by atoms with E-state index in [1.54, 1.807) is 6.07 Å². The van der Waals surface area contributed by atoms with E-state index in [0.29, 0.717) is 6.42 Å². The molecule has 2 aromatic carbocycles. The normalized spacial score (nSPS) is 11.9. The Morgan fingerprint density at radius 3 is 2.38 bits per heavy atom. The monoisotopic (exact) mass is 321 g/mol. The second-order valence-electron chi connectivity index (χ2n) is 5.58. The standard InChI is InChI=1S/C20H19NO3/c22-17(13-15-7-3-1-4-8-15)14-21-20(23)19-18(11-12-24-19)16-9-5-2-6-10-16/h1-12,17,22H,13-14H2,(H,21,23). The van der Waals surface area contributed by atoms with Crippen molar-refractivity contribution in [3.05, 3.63) is 84.3 Å². The van der Waals surface area contributed by atoms with Crippen LogP contribution in [0, 0.1) is 0 Å². The van der Waals surface area contributed by atoms with Gasteiger partial charge in [-0.3, -0.25) is 4.79 Å². The van der Waals surface area contributed by atoms with E-state index in [0.717, 1.165) is 16.7 Å². The molecule has 1 unspecified atom stereocenters. The van der Waals surface area contributed by atoms with Crippen LogP contribution in [0.3, 0.4) is 0 Å². The topological polar surface area (TPSA) is 62.5 Å². The highest BCUT2D eigenvalue weighted by molar-refractivity contribution is 5.98. The van der Waals surface area contributed by atoms with Crippen LogP contribution in [0.4, 0.5) is 0 Å². The summed E-state index contributed by atoms with van der Waals surface area (Å²) in [6.45, 7) is 0.169. The van der Waals surface area contributed by atoms with Crippen molar-refractivity contribution in [2.75, 3.05) is 6.54 Å². The molecule has 24 heavy (non-hydrogen) atoms. The summed E-state index contributed by atoms with van der Waals surface area (Å²) >= 11 is 0. The number of carbonyl (C=O) groups is 1. The van der Waals surface area contributed by atoms with Crippen LogP contribution in [0.1, 0.15) is 16.1 Å². The van der Waals surface area contributed by atoms with Crippen molar-refractivity contribution in [2.24, 2.45) is 0 Å². The number of nitrogens with one attached hydrogen (secondary N) is 1. The molecule has 0 fully saturated rings. The van der Waals surface area contributed by atoms with Gasteiger partial charge in [0.1, 0.15) is 0 Å². The fourth-order valence-corrected chi connectivity index (χ4v) is 2.58.